The summed E-state index contributed by atoms with van der Waals surface area (Å²) in [5.74, 6) is -0.300. The molecule has 0 fully saturated rings. The average Bonchev–Trinajstić information content (AvgIpc) is 2.36. The van der Waals surface area contributed by atoms with Crippen molar-refractivity contribution in [3.63, 3.8) is 0 Å². The molecular formula is C16H22O2. The molecule has 2 heteroatoms. The highest BCUT2D eigenvalue weighted by molar-refractivity contribution is 5.97. The van der Waals surface area contributed by atoms with Gasteiger partial charge < -0.3 is 0 Å². The Morgan fingerprint density at radius 1 is 1.56 bits per heavy atom. The highest BCUT2D eigenvalue weighted by Crippen LogP contribution is 2.36. The monoisotopic (exact) mass is 246 g/mol. The summed E-state index contributed by atoms with van der Waals surface area (Å²) in [4.78, 5) is 24.1. The van der Waals surface area contributed by atoms with E-state index in [1.807, 2.05) is 13.0 Å². The molecule has 4 atom stereocenters. The predicted octanol–water partition coefficient (Wildman–Crippen LogP) is 3.35. The molecule has 0 N–H and O–H groups in total. The third-order valence-corrected chi connectivity index (χ3v) is 3.87. The van der Waals surface area contributed by atoms with Crippen molar-refractivity contribution in [2.75, 3.05) is 0 Å². The van der Waals surface area contributed by atoms with Gasteiger partial charge in [-0.25, -0.2) is 0 Å². The lowest BCUT2D eigenvalue weighted by Gasteiger charge is -2.34. The second kappa shape index (κ2) is 6.48. The number of hydrogen-bond acceptors (Lipinski definition) is 2. The molecule has 2 nitrogen and oxygen atoms in total. The molecule has 0 bridgehead atoms. The maximum absolute atomic E-state index is 12.1. The van der Waals surface area contributed by atoms with Crippen LogP contribution < -0.4 is 0 Å². The SMILES string of the molecule is C=C[C@H](CC)[C@@H](C(C)=O)[C@@H]1C(=O)C=CC[C@H]1C=C. The number of carbonyl (C=O) groups is 2. The highest BCUT2D eigenvalue weighted by Gasteiger charge is 2.39. The van der Waals surface area contributed by atoms with E-state index < -0.39 is 0 Å². The van der Waals surface area contributed by atoms with Crippen molar-refractivity contribution in [2.24, 2.45) is 23.7 Å². The van der Waals surface area contributed by atoms with E-state index >= 15 is 0 Å². The summed E-state index contributed by atoms with van der Waals surface area (Å²) in [6, 6.07) is 0. The Hall–Kier alpha value is -1.44. The number of ketones is 2. The number of rotatable bonds is 6. The first-order valence-electron chi connectivity index (χ1n) is 6.52. The fourth-order valence-corrected chi connectivity index (χ4v) is 2.88. The molecule has 0 aromatic rings. The van der Waals surface area contributed by atoms with Gasteiger partial charge in [-0.1, -0.05) is 25.2 Å². The molecule has 18 heavy (non-hydrogen) atoms. The second-order valence-electron chi connectivity index (χ2n) is 4.91. The number of allylic oxidation sites excluding steroid dienone is 4. The van der Waals surface area contributed by atoms with E-state index in [1.165, 1.54) is 0 Å². The van der Waals surface area contributed by atoms with Crippen LogP contribution in [0, 0.1) is 23.7 Å². The second-order valence-corrected chi connectivity index (χ2v) is 4.91. The van der Waals surface area contributed by atoms with Crippen LogP contribution in [-0.4, -0.2) is 11.6 Å². The van der Waals surface area contributed by atoms with Crippen molar-refractivity contribution in [2.45, 2.75) is 26.7 Å². The molecule has 0 aliphatic heterocycles. The van der Waals surface area contributed by atoms with Crippen LogP contribution in [0.3, 0.4) is 0 Å². The number of carbonyl (C=O) groups excluding carboxylic acids is 2. The Morgan fingerprint density at radius 3 is 2.67 bits per heavy atom. The van der Waals surface area contributed by atoms with Gasteiger partial charge in [-0.2, -0.15) is 0 Å². The molecule has 0 radical (unpaired) electrons. The molecule has 98 valence electrons. The fraction of sp³-hybridized carbons (Fsp3) is 0.500. The predicted molar refractivity (Wildman–Crippen MR) is 74.1 cm³/mol. The van der Waals surface area contributed by atoms with E-state index in [0.717, 1.165) is 12.8 Å². The first-order chi connectivity index (χ1) is 8.56. The smallest absolute Gasteiger partial charge is 0.159 e. The van der Waals surface area contributed by atoms with E-state index in [-0.39, 0.29) is 35.2 Å². The molecule has 1 rings (SSSR count). The van der Waals surface area contributed by atoms with E-state index in [1.54, 1.807) is 25.2 Å². The third kappa shape index (κ3) is 2.87. The van der Waals surface area contributed by atoms with Gasteiger partial charge >= 0.3 is 0 Å². The van der Waals surface area contributed by atoms with Crippen LogP contribution in [0.5, 0.6) is 0 Å². The zero-order valence-electron chi connectivity index (χ0n) is 11.3. The summed E-state index contributed by atoms with van der Waals surface area (Å²) in [7, 11) is 0. The van der Waals surface area contributed by atoms with Crippen LogP contribution in [0.2, 0.25) is 0 Å². The van der Waals surface area contributed by atoms with Crippen LogP contribution in [0.4, 0.5) is 0 Å². The van der Waals surface area contributed by atoms with Gasteiger partial charge in [0.1, 0.15) is 5.78 Å². The number of hydrogen-bond donors (Lipinski definition) is 0. The minimum absolute atomic E-state index is 0.0478. The molecule has 0 heterocycles. The summed E-state index contributed by atoms with van der Waals surface area (Å²) < 4.78 is 0. The first-order valence-corrected chi connectivity index (χ1v) is 6.52. The zero-order chi connectivity index (χ0) is 13.7. The van der Waals surface area contributed by atoms with Crippen molar-refractivity contribution in [3.05, 3.63) is 37.5 Å². The summed E-state index contributed by atoms with van der Waals surface area (Å²) in [6.45, 7) is 11.2. The Kier molecular flexibility index (Phi) is 5.26. The van der Waals surface area contributed by atoms with Gasteiger partial charge in [0.15, 0.2) is 5.78 Å². The van der Waals surface area contributed by atoms with Crippen molar-refractivity contribution >= 4 is 11.6 Å². The fourth-order valence-electron chi connectivity index (χ4n) is 2.88. The minimum atomic E-state index is -0.270. The van der Waals surface area contributed by atoms with Crippen molar-refractivity contribution in [1.82, 2.24) is 0 Å². The maximum Gasteiger partial charge on any atom is 0.159 e. The highest BCUT2D eigenvalue weighted by atomic mass is 16.1. The van der Waals surface area contributed by atoms with Gasteiger partial charge in [-0.3, -0.25) is 9.59 Å². The largest absolute Gasteiger partial charge is 0.300 e. The van der Waals surface area contributed by atoms with Gasteiger partial charge in [0.2, 0.25) is 0 Å². The maximum atomic E-state index is 12.1. The number of Topliss-reactive ketones (excluding diaryl/α,β-unsaturated/α-hetero) is 1. The molecule has 0 amide bonds. The van der Waals surface area contributed by atoms with Crippen molar-refractivity contribution in [1.29, 1.82) is 0 Å². The molecule has 0 spiro atoms. The summed E-state index contributed by atoms with van der Waals surface area (Å²) in [6.07, 6.45) is 8.70. The van der Waals surface area contributed by atoms with Gasteiger partial charge in [-0.15, -0.1) is 13.2 Å². The van der Waals surface area contributed by atoms with Gasteiger partial charge in [0.25, 0.3) is 0 Å². The Morgan fingerprint density at radius 2 is 2.22 bits per heavy atom. The van der Waals surface area contributed by atoms with Gasteiger partial charge in [0.05, 0.1) is 0 Å². The van der Waals surface area contributed by atoms with E-state index in [9.17, 15) is 9.59 Å². The van der Waals surface area contributed by atoms with Crippen LogP contribution >= 0.6 is 0 Å². The quantitative estimate of drug-likeness (QED) is 0.673. The minimum Gasteiger partial charge on any atom is -0.300 e. The molecule has 0 saturated heterocycles. The lowest BCUT2D eigenvalue weighted by molar-refractivity contribution is -0.132. The Balaban J connectivity index is 3.13. The Bertz CT molecular complexity index is 379. The standard InChI is InChI=1S/C16H22O2/c1-5-12(6-2)15(11(4)17)16-13(7-3)9-8-10-14(16)18/h5,7-8,10,12-13,15-16H,1,3,6,9H2,2,4H3/t12-,13-,15-,16+/m1/s1. The summed E-state index contributed by atoms with van der Waals surface area (Å²) in [5, 5.41) is 0. The van der Waals surface area contributed by atoms with E-state index in [2.05, 4.69) is 13.2 Å². The zero-order valence-corrected chi connectivity index (χ0v) is 11.3. The van der Waals surface area contributed by atoms with Gasteiger partial charge in [0, 0.05) is 11.8 Å². The lowest BCUT2D eigenvalue weighted by Crippen LogP contribution is -2.38. The molecule has 1 aliphatic rings. The van der Waals surface area contributed by atoms with Crippen molar-refractivity contribution < 1.29 is 9.59 Å². The third-order valence-electron chi connectivity index (χ3n) is 3.87. The molecule has 0 aromatic heterocycles. The average molecular weight is 246 g/mol. The summed E-state index contributed by atoms with van der Waals surface area (Å²) in [5.41, 5.74) is 0. The van der Waals surface area contributed by atoms with E-state index in [0.29, 0.717) is 0 Å². The van der Waals surface area contributed by atoms with Crippen LogP contribution in [-0.2, 0) is 9.59 Å². The normalized spacial score (nSPS) is 26.4. The molecule has 0 aromatic carbocycles. The lowest BCUT2D eigenvalue weighted by atomic mass is 9.67. The van der Waals surface area contributed by atoms with Crippen LogP contribution in [0.1, 0.15) is 26.7 Å². The van der Waals surface area contributed by atoms with Crippen molar-refractivity contribution in [3.8, 4) is 0 Å². The Labute approximate surface area is 109 Å². The molecule has 0 saturated carbocycles. The van der Waals surface area contributed by atoms with Gasteiger partial charge in [-0.05, 0) is 37.7 Å². The first kappa shape index (κ1) is 14.6. The molecule has 0 unspecified atom stereocenters. The summed E-state index contributed by atoms with van der Waals surface area (Å²) >= 11 is 0. The van der Waals surface area contributed by atoms with E-state index in [4.69, 9.17) is 0 Å². The molecular weight excluding hydrogens is 224 g/mol. The van der Waals surface area contributed by atoms with Crippen LogP contribution in [0.25, 0.3) is 0 Å². The van der Waals surface area contributed by atoms with Crippen LogP contribution in [0.15, 0.2) is 37.5 Å². The topological polar surface area (TPSA) is 34.1 Å². The molecule has 1 aliphatic carbocycles.